The molecule has 0 saturated heterocycles. The molecule has 9 nitrogen and oxygen atoms in total. The first-order valence-corrected chi connectivity index (χ1v) is 11.7. The third-order valence-corrected chi connectivity index (χ3v) is 6.19. The summed E-state index contributed by atoms with van der Waals surface area (Å²) in [5, 5.41) is 23.1. The number of nitrogens with one attached hydrogen (secondary N) is 1. The number of carbonyl (C=O) groups is 1. The van der Waals surface area contributed by atoms with Crippen molar-refractivity contribution in [1.82, 2.24) is 25.1 Å². The summed E-state index contributed by atoms with van der Waals surface area (Å²) in [5.74, 6) is 1.11. The Morgan fingerprint density at radius 1 is 1.03 bits per heavy atom. The fourth-order valence-corrected chi connectivity index (χ4v) is 4.22. The molecule has 0 saturated carbocycles. The van der Waals surface area contributed by atoms with Crippen LogP contribution in [0, 0.1) is 10.1 Å². The number of hydrogen-bond donors (Lipinski definition) is 1. The molecule has 0 spiro atoms. The van der Waals surface area contributed by atoms with Gasteiger partial charge in [-0.15, -0.1) is 16.8 Å². The molecule has 0 fully saturated rings. The average Bonchev–Trinajstić information content (AvgIpc) is 3.29. The van der Waals surface area contributed by atoms with Gasteiger partial charge in [0.15, 0.2) is 11.0 Å². The Hall–Kier alpha value is -4.31. The van der Waals surface area contributed by atoms with Crippen LogP contribution in [-0.2, 0) is 18.8 Å². The van der Waals surface area contributed by atoms with Crippen molar-refractivity contribution in [3.05, 3.63) is 113 Å². The van der Waals surface area contributed by atoms with Gasteiger partial charge in [-0.05, 0) is 47.5 Å². The molecule has 2 aromatic heterocycles. The van der Waals surface area contributed by atoms with E-state index >= 15 is 0 Å². The molecule has 0 bridgehead atoms. The Bertz CT molecular complexity index is 1320. The van der Waals surface area contributed by atoms with E-state index in [1.54, 1.807) is 42.7 Å². The molecule has 2 aromatic carbocycles. The molecule has 4 rings (SSSR count). The van der Waals surface area contributed by atoms with Crippen LogP contribution in [0.15, 0.2) is 90.9 Å². The molecule has 0 aliphatic carbocycles. The smallest absolute Gasteiger partial charge is 0.269 e. The largest absolute Gasteiger partial charge is 0.348 e. The quantitative estimate of drug-likeness (QED) is 0.150. The fourth-order valence-electron chi connectivity index (χ4n) is 3.32. The number of rotatable bonds is 10. The Balaban J connectivity index is 1.40. The van der Waals surface area contributed by atoms with Crippen LogP contribution in [0.5, 0.6) is 0 Å². The molecular formula is C25H22N6O3S. The predicted molar refractivity (Wildman–Crippen MR) is 134 cm³/mol. The molecule has 2 heterocycles. The summed E-state index contributed by atoms with van der Waals surface area (Å²) in [6, 6.07) is 17.4. The number of benzene rings is 2. The highest BCUT2D eigenvalue weighted by molar-refractivity contribution is 7.98. The molecule has 0 unspecified atom stereocenters. The zero-order valence-corrected chi connectivity index (χ0v) is 19.5. The second kappa shape index (κ2) is 11.2. The van der Waals surface area contributed by atoms with Crippen LogP contribution in [0.4, 0.5) is 5.69 Å². The van der Waals surface area contributed by atoms with Gasteiger partial charge in [0.1, 0.15) is 0 Å². The van der Waals surface area contributed by atoms with Crippen molar-refractivity contribution in [2.24, 2.45) is 0 Å². The summed E-state index contributed by atoms with van der Waals surface area (Å²) < 4.78 is 1.92. The number of nitrogens with zero attached hydrogens (tertiary/aromatic N) is 5. The number of amides is 1. The predicted octanol–water partition coefficient (Wildman–Crippen LogP) is 4.66. The second-order valence-electron chi connectivity index (χ2n) is 7.53. The topological polar surface area (TPSA) is 116 Å². The van der Waals surface area contributed by atoms with Crippen LogP contribution in [-0.4, -0.2) is 30.6 Å². The third kappa shape index (κ3) is 5.98. The van der Waals surface area contributed by atoms with Gasteiger partial charge in [0.2, 0.25) is 0 Å². The zero-order chi connectivity index (χ0) is 24.6. The van der Waals surface area contributed by atoms with Crippen LogP contribution in [0.1, 0.15) is 21.5 Å². The Labute approximate surface area is 206 Å². The summed E-state index contributed by atoms with van der Waals surface area (Å²) in [5.41, 5.74) is 3.36. The lowest BCUT2D eigenvalue weighted by Crippen LogP contribution is -2.22. The van der Waals surface area contributed by atoms with E-state index in [4.69, 9.17) is 0 Å². The van der Waals surface area contributed by atoms with Crippen LogP contribution in [0.25, 0.3) is 11.4 Å². The summed E-state index contributed by atoms with van der Waals surface area (Å²) >= 11 is 1.51. The van der Waals surface area contributed by atoms with E-state index in [9.17, 15) is 14.9 Å². The first-order valence-electron chi connectivity index (χ1n) is 10.7. The van der Waals surface area contributed by atoms with Crippen LogP contribution in [0.2, 0.25) is 0 Å². The molecule has 4 aromatic rings. The van der Waals surface area contributed by atoms with Crippen LogP contribution >= 0.6 is 11.8 Å². The number of non-ortho nitro benzene ring substituents is 1. The van der Waals surface area contributed by atoms with Crippen molar-refractivity contribution in [3.63, 3.8) is 0 Å². The standard InChI is InChI=1S/C25H22N6O3S/c1-2-15-30-23(20-7-9-22(10-8-20)31(33)34)28-29-25(30)35-17-19-3-5-21(6-4-19)24(32)27-16-18-11-13-26-14-12-18/h2-14H,1,15-17H2,(H,27,32). The first kappa shape index (κ1) is 23.8. The number of aromatic nitrogens is 4. The number of hydrogen-bond acceptors (Lipinski definition) is 7. The lowest BCUT2D eigenvalue weighted by molar-refractivity contribution is -0.384. The minimum Gasteiger partial charge on any atom is -0.348 e. The first-order chi connectivity index (χ1) is 17.0. The van der Waals surface area contributed by atoms with E-state index < -0.39 is 4.92 Å². The minimum absolute atomic E-state index is 0.0210. The summed E-state index contributed by atoms with van der Waals surface area (Å²) in [6.45, 7) is 4.75. The molecule has 0 aliphatic heterocycles. The molecule has 0 atom stereocenters. The summed E-state index contributed by atoms with van der Waals surface area (Å²) in [4.78, 5) is 26.9. The van der Waals surface area contributed by atoms with Crippen molar-refractivity contribution < 1.29 is 9.72 Å². The lowest BCUT2D eigenvalue weighted by Gasteiger charge is -2.08. The number of nitro benzene ring substituents is 1. The molecule has 176 valence electrons. The maximum Gasteiger partial charge on any atom is 0.269 e. The van der Waals surface area contributed by atoms with Gasteiger partial charge >= 0.3 is 0 Å². The number of carbonyl (C=O) groups excluding carboxylic acids is 1. The number of pyridine rings is 1. The highest BCUT2D eigenvalue weighted by atomic mass is 32.2. The van der Waals surface area contributed by atoms with Gasteiger partial charge in [0.05, 0.1) is 4.92 Å². The van der Waals surface area contributed by atoms with E-state index in [1.165, 1.54) is 23.9 Å². The van der Waals surface area contributed by atoms with E-state index in [0.29, 0.717) is 35.4 Å². The maximum atomic E-state index is 12.4. The van der Waals surface area contributed by atoms with Crippen molar-refractivity contribution in [1.29, 1.82) is 0 Å². The van der Waals surface area contributed by atoms with E-state index in [2.05, 4.69) is 27.1 Å². The van der Waals surface area contributed by atoms with Gasteiger partial charge in [0, 0.05) is 54.5 Å². The number of allylic oxidation sites excluding steroid dienone is 1. The molecule has 0 aliphatic rings. The van der Waals surface area contributed by atoms with E-state index in [1.807, 2.05) is 28.8 Å². The van der Waals surface area contributed by atoms with Gasteiger partial charge < -0.3 is 5.32 Å². The summed E-state index contributed by atoms with van der Waals surface area (Å²) in [6.07, 6.45) is 5.14. The average molecular weight is 487 g/mol. The Kier molecular flexibility index (Phi) is 7.63. The van der Waals surface area contributed by atoms with E-state index in [0.717, 1.165) is 16.7 Å². The number of nitro groups is 1. The maximum absolute atomic E-state index is 12.4. The summed E-state index contributed by atoms with van der Waals surface area (Å²) in [7, 11) is 0. The lowest BCUT2D eigenvalue weighted by atomic mass is 10.1. The SMILES string of the molecule is C=CCn1c(SCc2ccc(C(=O)NCc3ccncc3)cc2)nnc1-c1ccc([N+](=O)[O-])cc1. The van der Waals surface area contributed by atoms with E-state index in [-0.39, 0.29) is 11.6 Å². The monoisotopic (exact) mass is 486 g/mol. The highest BCUT2D eigenvalue weighted by Crippen LogP contribution is 2.27. The Morgan fingerprint density at radius 3 is 2.40 bits per heavy atom. The fraction of sp³-hybridized carbons (Fsp3) is 0.120. The molecule has 1 N–H and O–H groups in total. The molecule has 0 radical (unpaired) electrons. The van der Waals surface area contributed by atoms with Gasteiger partial charge in [-0.2, -0.15) is 0 Å². The van der Waals surface area contributed by atoms with Crippen LogP contribution < -0.4 is 5.32 Å². The second-order valence-corrected chi connectivity index (χ2v) is 8.48. The molecule has 35 heavy (non-hydrogen) atoms. The molecular weight excluding hydrogens is 464 g/mol. The third-order valence-electron chi connectivity index (χ3n) is 5.15. The van der Waals surface area contributed by atoms with Gasteiger partial charge in [-0.3, -0.25) is 24.5 Å². The number of thioether (sulfide) groups is 1. The van der Waals surface area contributed by atoms with Crippen molar-refractivity contribution in [3.8, 4) is 11.4 Å². The van der Waals surface area contributed by atoms with Crippen molar-refractivity contribution in [2.45, 2.75) is 24.0 Å². The van der Waals surface area contributed by atoms with Crippen molar-refractivity contribution >= 4 is 23.4 Å². The van der Waals surface area contributed by atoms with Crippen molar-refractivity contribution in [2.75, 3.05) is 0 Å². The normalized spacial score (nSPS) is 10.6. The van der Waals surface area contributed by atoms with Crippen LogP contribution in [0.3, 0.4) is 0 Å². The highest BCUT2D eigenvalue weighted by Gasteiger charge is 2.15. The van der Waals surface area contributed by atoms with Gasteiger partial charge in [-0.1, -0.05) is 30.0 Å². The zero-order valence-electron chi connectivity index (χ0n) is 18.7. The van der Waals surface area contributed by atoms with Gasteiger partial charge in [-0.25, -0.2) is 0 Å². The van der Waals surface area contributed by atoms with Gasteiger partial charge in [0.25, 0.3) is 11.6 Å². The Morgan fingerprint density at radius 2 is 1.74 bits per heavy atom. The molecule has 10 heteroatoms. The minimum atomic E-state index is -0.435. The molecule has 1 amide bonds.